The zero-order valence-corrected chi connectivity index (χ0v) is 7.57. The van der Waals surface area contributed by atoms with E-state index in [9.17, 15) is 0 Å². The van der Waals surface area contributed by atoms with Crippen molar-refractivity contribution in [3.8, 4) is 11.8 Å². The zero-order valence-electron chi connectivity index (χ0n) is 7.57. The molecule has 1 N–H and O–H groups in total. The lowest BCUT2D eigenvalue weighted by atomic mass is 10.2. The van der Waals surface area contributed by atoms with Gasteiger partial charge in [0.15, 0.2) is 0 Å². The molecule has 1 heteroatoms. The zero-order chi connectivity index (χ0) is 9.52. The van der Waals surface area contributed by atoms with Gasteiger partial charge in [-0.05, 0) is 24.6 Å². The predicted octanol–water partition coefficient (Wildman–Crippen LogP) is 2.08. The highest BCUT2D eigenvalue weighted by Gasteiger charge is 1.81. The minimum atomic E-state index is -0.555. The molecule has 1 aromatic carbocycles. The Labute approximate surface area is 78.7 Å². The van der Waals surface area contributed by atoms with Crippen LogP contribution in [0.15, 0.2) is 36.4 Å². The molecule has 0 fully saturated rings. The first-order chi connectivity index (χ1) is 6.29. The van der Waals surface area contributed by atoms with Crippen molar-refractivity contribution in [3.05, 3.63) is 42.0 Å². The predicted molar refractivity (Wildman–Crippen MR) is 54.9 cm³/mol. The Balaban J connectivity index is 2.57. The molecule has 0 aliphatic heterocycles. The SMILES string of the molecule is C[C@@H](O)C#C/C=C/c1ccccc1. The summed E-state index contributed by atoms with van der Waals surface area (Å²) >= 11 is 0. The number of hydrogen-bond donors (Lipinski definition) is 1. The Morgan fingerprint density at radius 2 is 2.00 bits per heavy atom. The van der Waals surface area contributed by atoms with Crippen LogP contribution < -0.4 is 0 Å². The summed E-state index contributed by atoms with van der Waals surface area (Å²) in [6.07, 6.45) is 3.10. The van der Waals surface area contributed by atoms with E-state index in [1.807, 2.05) is 36.4 Å². The first-order valence-electron chi connectivity index (χ1n) is 4.20. The van der Waals surface area contributed by atoms with E-state index in [0.29, 0.717) is 0 Å². The molecule has 1 nitrogen and oxygen atoms in total. The molecule has 0 bridgehead atoms. The number of allylic oxidation sites excluding steroid dienone is 1. The maximum Gasteiger partial charge on any atom is 0.112 e. The summed E-state index contributed by atoms with van der Waals surface area (Å²) in [7, 11) is 0. The van der Waals surface area contributed by atoms with E-state index in [4.69, 9.17) is 5.11 Å². The van der Waals surface area contributed by atoms with Crippen LogP contribution in [0.25, 0.3) is 6.08 Å². The van der Waals surface area contributed by atoms with Gasteiger partial charge in [-0.3, -0.25) is 0 Å². The van der Waals surface area contributed by atoms with E-state index in [1.165, 1.54) is 0 Å². The van der Waals surface area contributed by atoms with Crippen molar-refractivity contribution in [1.82, 2.24) is 0 Å². The van der Waals surface area contributed by atoms with Crippen LogP contribution in [-0.4, -0.2) is 11.2 Å². The molecule has 66 valence electrons. The highest BCUT2D eigenvalue weighted by Crippen LogP contribution is 1.99. The molecule has 0 heterocycles. The van der Waals surface area contributed by atoms with Gasteiger partial charge in [-0.2, -0.15) is 0 Å². The molecule has 0 unspecified atom stereocenters. The van der Waals surface area contributed by atoms with Gasteiger partial charge < -0.3 is 5.11 Å². The molecule has 0 saturated heterocycles. The van der Waals surface area contributed by atoms with Gasteiger partial charge in [0.1, 0.15) is 6.10 Å². The molecule has 0 saturated carbocycles. The minimum absolute atomic E-state index is 0.555. The molecule has 1 aromatic rings. The third-order valence-corrected chi connectivity index (χ3v) is 1.45. The monoisotopic (exact) mass is 172 g/mol. The number of aliphatic hydroxyl groups excluding tert-OH is 1. The summed E-state index contributed by atoms with van der Waals surface area (Å²) in [6, 6.07) is 9.92. The summed E-state index contributed by atoms with van der Waals surface area (Å²) < 4.78 is 0. The average Bonchev–Trinajstić information content (AvgIpc) is 2.14. The van der Waals surface area contributed by atoms with Crippen LogP contribution in [0.2, 0.25) is 0 Å². The molecule has 0 radical (unpaired) electrons. The first-order valence-corrected chi connectivity index (χ1v) is 4.20. The van der Waals surface area contributed by atoms with Crippen molar-refractivity contribution in [2.45, 2.75) is 13.0 Å². The van der Waals surface area contributed by atoms with Gasteiger partial charge in [-0.15, -0.1) is 0 Å². The number of rotatable bonds is 1. The lowest BCUT2D eigenvalue weighted by Crippen LogP contribution is -1.91. The molecular weight excluding hydrogens is 160 g/mol. The second-order valence-electron chi connectivity index (χ2n) is 2.71. The molecular formula is C12H12O. The normalized spacial score (nSPS) is 12.2. The van der Waals surface area contributed by atoms with E-state index in [1.54, 1.807) is 13.0 Å². The van der Waals surface area contributed by atoms with Gasteiger partial charge in [0.2, 0.25) is 0 Å². The standard InChI is InChI=1S/C12H12O/c1-11(13)7-5-6-10-12-8-3-2-4-9-12/h2-4,6,8-11,13H,1H3/b10-6+/t11-/m1/s1. The highest BCUT2D eigenvalue weighted by atomic mass is 16.3. The molecule has 13 heavy (non-hydrogen) atoms. The van der Waals surface area contributed by atoms with Crippen molar-refractivity contribution in [2.24, 2.45) is 0 Å². The second kappa shape index (κ2) is 5.18. The maximum absolute atomic E-state index is 8.84. The molecule has 0 aliphatic carbocycles. The van der Waals surface area contributed by atoms with E-state index in [2.05, 4.69) is 11.8 Å². The fourth-order valence-electron chi connectivity index (χ4n) is 0.871. The first kappa shape index (κ1) is 9.57. The number of aliphatic hydroxyl groups is 1. The molecule has 0 aliphatic rings. The largest absolute Gasteiger partial charge is 0.381 e. The van der Waals surface area contributed by atoms with Crippen LogP contribution in [-0.2, 0) is 0 Å². The number of benzene rings is 1. The maximum atomic E-state index is 8.84. The summed E-state index contributed by atoms with van der Waals surface area (Å²) in [4.78, 5) is 0. The van der Waals surface area contributed by atoms with E-state index < -0.39 is 6.10 Å². The summed E-state index contributed by atoms with van der Waals surface area (Å²) in [5, 5.41) is 8.84. The molecule has 1 atom stereocenters. The van der Waals surface area contributed by atoms with Crippen molar-refractivity contribution < 1.29 is 5.11 Å². The molecule has 0 amide bonds. The third kappa shape index (κ3) is 4.15. The molecule has 0 aromatic heterocycles. The lowest BCUT2D eigenvalue weighted by Gasteiger charge is -1.88. The fraction of sp³-hybridized carbons (Fsp3) is 0.167. The topological polar surface area (TPSA) is 20.2 Å². The van der Waals surface area contributed by atoms with Gasteiger partial charge in [0, 0.05) is 0 Å². The lowest BCUT2D eigenvalue weighted by molar-refractivity contribution is 0.253. The van der Waals surface area contributed by atoms with Gasteiger partial charge in [-0.1, -0.05) is 42.2 Å². The van der Waals surface area contributed by atoms with Crippen LogP contribution in [0.1, 0.15) is 12.5 Å². The molecule has 0 spiro atoms. The van der Waals surface area contributed by atoms with Crippen LogP contribution in [0.4, 0.5) is 0 Å². The summed E-state index contributed by atoms with van der Waals surface area (Å²) in [6.45, 7) is 1.64. The Hall–Kier alpha value is -1.52. The van der Waals surface area contributed by atoms with Crippen LogP contribution in [0.3, 0.4) is 0 Å². The van der Waals surface area contributed by atoms with Crippen molar-refractivity contribution >= 4 is 6.08 Å². The molecule has 1 rings (SSSR count). The van der Waals surface area contributed by atoms with Crippen molar-refractivity contribution in [3.63, 3.8) is 0 Å². The van der Waals surface area contributed by atoms with E-state index in [-0.39, 0.29) is 0 Å². The smallest absolute Gasteiger partial charge is 0.112 e. The van der Waals surface area contributed by atoms with Crippen LogP contribution >= 0.6 is 0 Å². The van der Waals surface area contributed by atoms with Gasteiger partial charge in [0.05, 0.1) is 0 Å². The minimum Gasteiger partial charge on any atom is -0.381 e. The summed E-state index contributed by atoms with van der Waals surface area (Å²) in [5.41, 5.74) is 1.11. The Bertz CT molecular complexity index is 325. The van der Waals surface area contributed by atoms with Gasteiger partial charge in [0.25, 0.3) is 0 Å². The van der Waals surface area contributed by atoms with Crippen LogP contribution in [0, 0.1) is 11.8 Å². The van der Waals surface area contributed by atoms with Crippen molar-refractivity contribution in [1.29, 1.82) is 0 Å². The third-order valence-electron chi connectivity index (χ3n) is 1.45. The fourth-order valence-corrected chi connectivity index (χ4v) is 0.871. The van der Waals surface area contributed by atoms with E-state index >= 15 is 0 Å². The quantitative estimate of drug-likeness (QED) is 0.643. The van der Waals surface area contributed by atoms with Gasteiger partial charge in [-0.25, -0.2) is 0 Å². The average molecular weight is 172 g/mol. The van der Waals surface area contributed by atoms with E-state index in [0.717, 1.165) is 5.56 Å². The number of hydrogen-bond acceptors (Lipinski definition) is 1. The van der Waals surface area contributed by atoms with Crippen molar-refractivity contribution in [2.75, 3.05) is 0 Å². The van der Waals surface area contributed by atoms with Gasteiger partial charge >= 0.3 is 0 Å². The highest BCUT2D eigenvalue weighted by molar-refractivity contribution is 5.52. The Morgan fingerprint density at radius 3 is 2.62 bits per heavy atom. The Morgan fingerprint density at radius 1 is 1.31 bits per heavy atom. The second-order valence-corrected chi connectivity index (χ2v) is 2.71. The van der Waals surface area contributed by atoms with Crippen LogP contribution in [0.5, 0.6) is 0 Å². The Kier molecular flexibility index (Phi) is 3.81. The summed E-state index contributed by atoms with van der Waals surface area (Å²) in [5.74, 6) is 5.39.